The average Bonchev–Trinajstić information content (AvgIpc) is 2.65. The molecule has 0 atom stereocenters. The minimum atomic E-state index is -0.121. The molecule has 5 heteroatoms. The highest BCUT2D eigenvalue weighted by atomic mass is 16.2. The molecule has 13 heavy (non-hydrogen) atoms. The van der Waals surface area contributed by atoms with E-state index in [2.05, 4.69) is 10.2 Å². The van der Waals surface area contributed by atoms with Gasteiger partial charge in [0.05, 0.1) is 24.3 Å². The third kappa shape index (κ3) is 2.30. The molecule has 0 fully saturated rings. The van der Waals surface area contributed by atoms with Crippen LogP contribution in [0.5, 0.6) is 0 Å². The van der Waals surface area contributed by atoms with Crippen LogP contribution in [0, 0.1) is 11.3 Å². The van der Waals surface area contributed by atoms with Crippen LogP contribution >= 0.6 is 0 Å². The first-order chi connectivity index (χ1) is 6.25. The number of carbonyl (C=O) groups is 1. The molecule has 0 saturated heterocycles. The van der Waals surface area contributed by atoms with E-state index >= 15 is 0 Å². The van der Waals surface area contributed by atoms with Gasteiger partial charge in [0, 0.05) is 19.8 Å². The van der Waals surface area contributed by atoms with Gasteiger partial charge in [-0.25, -0.2) is 0 Å². The zero-order chi connectivity index (χ0) is 9.68. The van der Waals surface area contributed by atoms with E-state index in [0.717, 1.165) is 0 Å². The summed E-state index contributed by atoms with van der Waals surface area (Å²) in [5.41, 5.74) is 0.514. The number of nitriles is 1. The summed E-state index contributed by atoms with van der Waals surface area (Å²) in [5.74, 6) is -0.121. The van der Waals surface area contributed by atoms with Gasteiger partial charge < -0.3 is 4.90 Å². The van der Waals surface area contributed by atoms with Gasteiger partial charge >= 0.3 is 0 Å². The lowest BCUT2D eigenvalue weighted by atomic mass is 10.3. The monoisotopic (exact) mass is 178 g/mol. The summed E-state index contributed by atoms with van der Waals surface area (Å²) in [6.07, 6.45) is 3.34. The summed E-state index contributed by atoms with van der Waals surface area (Å²) in [5, 5.41) is 14.5. The predicted molar refractivity (Wildman–Crippen MR) is 45.8 cm³/mol. The molecule has 1 aromatic rings. The van der Waals surface area contributed by atoms with Crippen LogP contribution < -0.4 is 0 Å². The Morgan fingerprint density at radius 3 is 3.15 bits per heavy atom. The average molecular weight is 178 g/mol. The van der Waals surface area contributed by atoms with Gasteiger partial charge in [0.15, 0.2) is 0 Å². The van der Waals surface area contributed by atoms with Crippen molar-refractivity contribution in [3.8, 4) is 6.07 Å². The highest BCUT2D eigenvalue weighted by molar-refractivity contribution is 5.93. The molecule has 1 N–H and O–H groups in total. The number of aromatic nitrogens is 2. The molecule has 0 aliphatic carbocycles. The normalized spacial score (nSPS) is 9.23. The van der Waals surface area contributed by atoms with Crippen molar-refractivity contribution in [2.75, 3.05) is 13.6 Å². The third-order valence-electron chi connectivity index (χ3n) is 1.65. The fourth-order valence-corrected chi connectivity index (χ4v) is 0.907. The molecule has 1 heterocycles. The number of amides is 1. The first kappa shape index (κ1) is 9.26. The minimum absolute atomic E-state index is 0.121. The zero-order valence-electron chi connectivity index (χ0n) is 7.32. The highest BCUT2D eigenvalue weighted by Crippen LogP contribution is 1.99. The highest BCUT2D eigenvalue weighted by Gasteiger charge is 2.11. The number of hydrogen-bond donors (Lipinski definition) is 1. The Labute approximate surface area is 76.0 Å². The number of aromatic amines is 1. The van der Waals surface area contributed by atoms with Crippen LogP contribution in [0.15, 0.2) is 12.4 Å². The lowest BCUT2D eigenvalue weighted by Gasteiger charge is -2.13. The molecule has 0 spiro atoms. The van der Waals surface area contributed by atoms with Crippen molar-refractivity contribution in [2.24, 2.45) is 0 Å². The van der Waals surface area contributed by atoms with E-state index in [1.165, 1.54) is 17.3 Å². The second-order valence-electron chi connectivity index (χ2n) is 2.62. The number of nitrogens with one attached hydrogen (secondary N) is 1. The first-order valence-electron chi connectivity index (χ1n) is 3.87. The van der Waals surface area contributed by atoms with E-state index in [1.54, 1.807) is 7.05 Å². The van der Waals surface area contributed by atoms with Crippen molar-refractivity contribution in [1.82, 2.24) is 15.1 Å². The summed E-state index contributed by atoms with van der Waals surface area (Å²) in [6, 6.07) is 1.98. The summed E-state index contributed by atoms with van der Waals surface area (Å²) in [4.78, 5) is 13.0. The summed E-state index contributed by atoms with van der Waals surface area (Å²) in [7, 11) is 1.66. The molecule has 0 aliphatic heterocycles. The van der Waals surface area contributed by atoms with Crippen LogP contribution in [0.1, 0.15) is 16.8 Å². The molecule has 1 rings (SSSR count). The fraction of sp³-hybridized carbons (Fsp3) is 0.375. The lowest BCUT2D eigenvalue weighted by molar-refractivity contribution is 0.0798. The van der Waals surface area contributed by atoms with Gasteiger partial charge in [0.1, 0.15) is 0 Å². The van der Waals surface area contributed by atoms with Crippen molar-refractivity contribution in [2.45, 2.75) is 6.42 Å². The SMILES string of the molecule is CN(CCC#N)C(=O)c1cn[nH]c1. The van der Waals surface area contributed by atoms with Crippen LogP contribution in [-0.2, 0) is 0 Å². The summed E-state index contributed by atoms with van der Waals surface area (Å²) >= 11 is 0. The van der Waals surface area contributed by atoms with Crippen molar-refractivity contribution < 1.29 is 4.79 Å². The second-order valence-corrected chi connectivity index (χ2v) is 2.62. The van der Waals surface area contributed by atoms with Crippen LogP contribution in [0.2, 0.25) is 0 Å². The molecule has 0 aromatic carbocycles. The molecule has 0 saturated carbocycles. The van der Waals surface area contributed by atoms with Crippen molar-refractivity contribution in [1.29, 1.82) is 5.26 Å². The van der Waals surface area contributed by atoms with Crippen LogP contribution in [0.25, 0.3) is 0 Å². The standard InChI is InChI=1S/C8H10N4O/c1-12(4-2-3-9)8(13)7-5-10-11-6-7/h5-6H,2,4H2,1H3,(H,10,11). The maximum atomic E-state index is 11.5. The number of carbonyl (C=O) groups excluding carboxylic acids is 1. The Bertz CT molecular complexity index is 311. The molecule has 0 radical (unpaired) electrons. The maximum absolute atomic E-state index is 11.5. The molecule has 1 aromatic heterocycles. The number of nitrogens with zero attached hydrogens (tertiary/aromatic N) is 3. The zero-order valence-corrected chi connectivity index (χ0v) is 7.32. The Morgan fingerprint density at radius 2 is 2.62 bits per heavy atom. The fourth-order valence-electron chi connectivity index (χ4n) is 0.907. The molecular formula is C8H10N4O. The van der Waals surface area contributed by atoms with Crippen molar-refractivity contribution in [3.63, 3.8) is 0 Å². The number of hydrogen-bond acceptors (Lipinski definition) is 3. The smallest absolute Gasteiger partial charge is 0.256 e. The minimum Gasteiger partial charge on any atom is -0.341 e. The second kappa shape index (κ2) is 4.26. The molecule has 0 aliphatic rings. The van der Waals surface area contributed by atoms with Crippen LogP contribution in [0.3, 0.4) is 0 Å². The molecule has 5 nitrogen and oxygen atoms in total. The van der Waals surface area contributed by atoms with E-state index < -0.39 is 0 Å². The first-order valence-corrected chi connectivity index (χ1v) is 3.87. The molecular weight excluding hydrogens is 168 g/mol. The van der Waals surface area contributed by atoms with E-state index in [9.17, 15) is 4.79 Å². The maximum Gasteiger partial charge on any atom is 0.256 e. The van der Waals surface area contributed by atoms with E-state index in [4.69, 9.17) is 5.26 Å². The van der Waals surface area contributed by atoms with Gasteiger partial charge in [0.2, 0.25) is 0 Å². The Morgan fingerprint density at radius 1 is 1.85 bits per heavy atom. The summed E-state index contributed by atoms with van der Waals surface area (Å²) < 4.78 is 0. The quantitative estimate of drug-likeness (QED) is 0.727. The van der Waals surface area contributed by atoms with Crippen molar-refractivity contribution >= 4 is 5.91 Å². The van der Waals surface area contributed by atoms with Gasteiger partial charge in [-0.3, -0.25) is 9.89 Å². The summed E-state index contributed by atoms with van der Waals surface area (Å²) in [6.45, 7) is 0.445. The van der Waals surface area contributed by atoms with E-state index in [1.807, 2.05) is 6.07 Å². The van der Waals surface area contributed by atoms with E-state index in [-0.39, 0.29) is 5.91 Å². The number of H-pyrrole nitrogens is 1. The molecule has 0 bridgehead atoms. The topological polar surface area (TPSA) is 72.8 Å². The Kier molecular flexibility index (Phi) is 3.03. The van der Waals surface area contributed by atoms with Crippen molar-refractivity contribution in [3.05, 3.63) is 18.0 Å². The van der Waals surface area contributed by atoms with Gasteiger partial charge in [0.25, 0.3) is 5.91 Å². The lowest BCUT2D eigenvalue weighted by Crippen LogP contribution is -2.27. The molecule has 1 amide bonds. The van der Waals surface area contributed by atoms with Gasteiger partial charge in [-0.05, 0) is 0 Å². The predicted octanol–water partition coefficient (Wildman–Crippen LogP) is 0.395. The third-order valence-corrected chi connectivity index (χ3v) is 1.65. The van der Waals surface area contributed by atoms with Crippen LogP contribution in [0.4, 0.5) is 0 Å². The van der Waals surface area contributed by atoms with Gasteiger partial charge in [-0.15, -0.1) is 0 Å². The van der Waals surface area contributed by atoms with Crippen LogP contribution in [-0.4, -0.2) is 34.6 Å². The molecule has 68 valence electrons. The van der Waals surface area contributed by atoms with E-state index in [0.29, 0.717) is 18.5 Å². The Balaban J connectivity index is 2.54. The Hall–Kier alpha value is -1.83. The largest absolute Gasteiger partial charge is 0.341 e. The van der Waals surface area contributed by atoms with Gasteiger partial charge in [-0.2, -0.15) is 10.4 Å². The molecule has 0 unspecified atom stereocenters. The number of rotatable bonds is 3. The van der Waals surface area contributed by atoms with Gasteiger partial charge in [-0.1, -0.05) is 0 Å².